The Balaban J connectivity index is 4.29. The quantitative estimate of drug-likeness (QED) is 0.569. The molecule has 0 saturated carbocycles. The number of nitrogens with one attached hydrogen (secondary N) is 2. The van der Waals surface area contributed by atoms with E-state index in [-0.39, 0.29) is 24.5 Å². The molecular formula is C11H22N2O4. The summed E-state index contributed by atoms with van der Waals surface area (Å²) in [6.07, 6.45) is -0.00729. The molecule has 0 aromatic heterocycles. The Morgan fingerprint density at radius 1 is 1.24 bits per heavy atom. The van der Waals surface area contributed by atoms with E-state index in [1.165, 1.54) is 0 Å². The van der Waals surface area contributed by atoms with E-state index in [1.54, 1.807) is 0 Å². The van der Waals surface area contributed by atoms with Gasteiger partial charge in [0, 0.05) is 19.1 Å². The summed E-state index contributed by atoms with van der Waals surface area (Å²) >= 11 is 0. The average molecular weight is 246 g/mol. The fourth-order valence-electron chi connectivity index (χ4n) is 1.000. The predicted molar refractivity (Wildman–Crippen MR) is 63.7 cm³/mol. The van der Waals surface area contributed by atoms with Gasteiger partial charge in [0.1, 0.15) is 6.04 Å². The molecule has 0 bridgehead atoms. The highest BCUT2D eigenvalue weighted by Gasteiger charge is 2.24. The number of rotatable bonds is 5. The molecule has 2 amide bonds. The van der Waals surface area contributed by atoms with E-state index < -0.39 is 18.0 Å². The summed E-state index contributed by atoms with van der Waals surface area (Å²) < 4.78 is 0. The zero-order chi connectivity index (χ0) is 13.6. The van der Waals surface area contributed by atoms with Gasteiger partial charge in [-0.05, 0) is 12.3 Å². The lowest BCUT2D eigenvalue weighted by molar-refractivity contribution is -0.139. The van der Waals surface area contributed by atoms with Gasteiger partial charge in [0.2, 0.25) is 0 Å². The van der Waals surface area contributed by atoms with Crippen molar-refractivity contribution in [1.82, 2.24) is 10.6 Å². The van der Waals surface area contributed by atoms with Gasteiger partial charge >= 0.3 is 12.0 Å². The third kappa shape index (κ3) is 6.11. The molecule has 0 aliphatic rings. The zero-order valence-corrected chi connectivity index (χ0v) is 10.8. The first kappa shape index (κ1) is 15.7. The highest BCUT2D eigenvalue weighted by molar-refractivity contribution is 5.82. The Kier molecular flexibility index (Phi) is 5.95. The van der Waals surface area contributed by atoms with Crippen molar-refractivity contribution < 1.29 is 19.8 Å². The third-order valence-corrected chi connectivity index (χ3v) is 2.67. The maximum Gasteiger partial charge on any atom is 0.326 e. The van der Waals surface area contributed by atoms with Crippen molar-refractivity contribution in [2.24, 2.45) is 5.41 Å². The number of carbonyl (C=O) groups is 2. The van der Waals surface area contributed by atoms with E-state index in [2.05, 4.69) is 10.6 Å². The number of carbonyl (C=O) groups excluding carboxylic acids is 1. The highest BCUT2D eigenvalue weighted by Crippen LogP contribution is 2.18. The first-order valence-electron chi connectivity index (χ1n) is 5.59. The lowest BCUT2D eigenvalue weighted by Gasteiger charge is -2.28. The zero-order valence-electron chi connectivity index (χ0n) is 10.8. The van der Waals surface area contributed by atoms with Crippen molar-refractivity contribution >= 4 is 12.0 Å². The van der Waals surface area contributed by atoms with Crippen LogP contribution >= 0.6 is 0 Å². The summed E-state index contributed by atoms with van der Waals surface area (Å²) in [5, 5.41) is 22.4. The van der Waals surface area contributed by atoms with E-state index in [1.807, 2.05) is 27.7 Å². The van der Waals surface area contributed by atoms with Crippen LogP contribution in [0.1, 0.15) is 34.1 Å². The molecule has 0 aromatic carbocycles. The monoisotopic (exact) mass is 246 g/mol. The molecule has 2 atom stereocenters. The van der Waals surface area contributed by atoms with Crippen LogP contribution in [0.3, 0.4) is 0 Å². The van der Waals surface area contributed by atoms with Crippen LogP contribution in [-0.4, -0.2) is 40.9 Å². The molecule has 0 aliphatic heterocycles. The number of hydrogen-bond acceptors (Lipinski definition) is 3. The minimum atomic E-state index is -1.15. The number of amides is 2. The molecule has 0 fully saturated rings. The molecule has 100 valence electrons. The second-order valence-corrected chi connectivity index (χ2v) is 5.11. The smallest absolute Gasteiger partial charge is 0.326 e. The summed E-state index contributed by atoms with van der Waals surface area (Å²) in [5.41, 5.74) is -0.104. The Hall–Kier alpha value is -1.30. The highest BCUT2D eigenvalue weighted by atomic mass is 16.4. The molecule has 0 saturated heterocycles. The molecule has 0 radical (unpaired) electrons. The van der Waals surface area contributed by atoms with Gasteiger partial charge in [-0.15, -0.1) is 0 Å². The molecule has 0 spiro atoms. The molecule has 17 heavy (non-hydrogen) atoms. The van der Waals surface area contributed by atoms with Crippen LogP contribution in [0, 0.1) is 5.41 Å². The number of aliphatic hydroxyl groups excluding tert-OH is 1. The summed E-state index contributed by atoms with van der Waals surface area (Å²) in [6, 6.07) is -1.69. The van der Waals surface area contributed by atoms with Crippen molar-refractivity contribution in [2.75, 3.05) is 6.61 Å². The normalized spacial score (nSPS) is 14.9. The molecule has 0 aromatic rings. The Labute approximate surface area is 101 Å². The van der Waals surface area contributed by atoms with Crippen LogP contribution in [0.2, 0.25) is 0 Å². The van der Waals surface area contributed by atoms with Gasteiger partial charge < -0.3 is 20.8 Å². The Morgan fingerprint density at radius 3 is 2.12 bits per heavy atom. The molecule has 0 aliphatic carbocycles. The minimum Gasteiger partial charge on any atom is -0.480 e. The van der Waals surface area contributed by atoms with Crippen molar-refractivity contribution in [1.29, 1.82) is 0 Å². The van der Waals surface area contributed by atoms with Gasteiger partial charge in [-0.25, -0.2) is 9.59 Å². The van der Waals surface area contributed by atoms with Gasteiger partial charge in [-0.3, -0.25) is 0 Å². The SMILES string of the molecule is CC(NC(=O)N[C@H](CCO)C(=O)O)C(C)(C)C. The number of urea groups is 1. The Bertz CT molecular complexity index is 273. The van der Waals surface area contributed by atoms with Crippen LogP contribution < -0.4 is 10.6 Å². The number of aliphatic carboxylic acids is 1. The standard InChI is InChI=1S/C11H22N2O4/c1-7(11(2,3)4)12-10(17)13-8(5-6-14)9(15)16/h7-8,14H,5-6H2,1-4H3,(H,15,16)(H2,12,13,17)/t7?,8-/m1/s1. The second kappa shape index (κ2) is 6.44. The summed E-state index contributed by atoms with van der Waals surface area (Å²) in [4.78, 5) is 22.3. The summed E-state index contributed by atoms with van der Waals surface area (Å²) in [5.74, 6) is -1.15. The Morgan fingerprint density at radius 2 is 1.76 bits per heavy atom. The molecule has 6 heteroatoms. The lowest BCUT2D eigenvalue weighted by atomic mass is 9.88. The van der Waals surface area contributed by atoms with E-state index in [0.29, 0.717) is 0 Å². The van der Waals surface area contributed by atoms with Crippen molar-refractivity contribution in [3.63, 3.8) is 0 Å². The van der Waals surface area contributed by atoms with Gasteiger partial charge in [0.05, 0.1) is 0 Å². The average Bonchev–Trinajstić information content (AvgIpc) is 2.15. The van der Waals surface area contributed by atoms with E-state index in [0.717, 1.165) is 0 Å². The molecule has 1 unspecified atom stereocenters. The lowest BCUT2D eigenvalue weighted by Crippen LogP contribution is -2.51. The number of carboxylic acid groups (broad SMARTS) is 1. The van der Waals surface area contributed by atoms with Crippen LogP contribution in [0.15, 0.2) is 0 Å². The molecule has 4 N–H and O–H groups in total. The maximum atomic E-state index is 11.5. The van der Waals surface area contributed by atoms with Crippen LogP contribution in [-0.2, 0) is 4.79 Å². The first-order chi connectivity index (χ1) is 7.68. The van der Waals surface area contributed by atoms with Crippen molar-refractivity contribution in [3.8, 4) is 0 Å². The van der Waals surface area contributed by atoms with Crippen molar-refractivity contribution in [2.45, 2.75) is 46.2 Å². The predicted octanol–water partition coefficient (Wildman–Crippen LogP) is 0.556. The van der Waals surface area contributed by atoms with Crippen LogP contribution in [0.25, 0.3) is 0 Å². The first-order valence-corrected chi connectivity index (χ1v) is 5.59. The number of hydrogen-bond donors (Lipinski definition) is 4. The molecule has 0 rings (SSSR count). The number of aliphatic hydroxyl groups is 1. The fourth-order valence-corrected chi connectivity index (χ4v) is 1.000. The summed E-state index contributed by atoms with van der Waals surface area (Å²) in [7, 11) is 0. The van der Waals surface area contributed by atoms with Gasteiger partial charge in [0.25, 0.3) is 0 Å². The topological polar surface area (TPSA) is 98.7 Å². The van der Waals surface area contributed by atoms with Gasteiger partial charge in [-0.2, -0.15) is 0 Å². The van der Waals surface area contributed by atoms with E-state index in [9.17, 15) is 9.59 Å². The molecule has 6 nitrogen and oxygen atoms in total. The van der Waals surface area contributed by atoms with Gasteiger partial charge in [-0.1, -0.05) is 20.8 Å². The molecule has 0 heterocycles. The van der Waals surface area contributed by atoms with Crippen molar-refractivity contribution in [3.05, 3.63) is 0 Å². The van der Waals surface area contributed by atoms with E-state index >= 15 is 0 Å². The van der Waals surface area contributed by atoms with Crippen LogP contribution in [0.5, 0.6) is 0 Å². The maximum absolute atomic E-state index is 11.5. The van der Waals surface area contributed by atoms with Crippen LogP contribution in [0.4, 0.5) is 4.79 Å². The largest absolute Gasteiger partial charge is 0.480 e. The fraction of sp³-hybridized carbons (Fsp3) is 0.818. The number of carboxylic acids is 1. The minimum absolute atomic E-state index is 0.00729. The van der Waals surface area contributed by atoms with E-state index in [4.69, 9.17) is 10.2 Å². The molecular weight excluding hydrogens is 224 g/mol. The summed E-state index contributed by atoms with van der Waals surface area (Å²) in [6.45, 7) is 7.48. The van der Waals surface area contributed by atoms with Gasteiger partial charge in [0.15, 0.2) is 0 Å². The third-order valence-electron chi connectivity index (χ3n) is 2.67. The second-order valence-electron chi connectivity index (χ2n) is 5.11.